The van der Waals surface area contributed by atoms with Gasteiger partial charge < -0.3 is 5.11 Å². The molecular formula is C19H16N4O3. The molecule has 0 spiro atoms. The number of benzene rings is 2. The van der Waals surface area contributed by atoms with Crippen LogP contribution in [-0.2, 0) is 6.54 Å². The lowest BCUT2D eigenvalue weighted by Crippen LogP contribution is -2.49. The van der Waals surface area contributed by atoms with Crippen LogP contribution in [0.3, 0.4) is 0 Å². The Bertz CT molecular complexity index is 940. The molecular weight excluding hydrogens is 332 g/mol. The number of carbonyl (C=O) groups is 2. The second-order valence-corrected chi connectivity index (χ2v) is 5.91. The number of aliphatic hydroxyl groups is 1. The molecule has 3 aromatic rings. The van der Waals surface area contributed by atoms with Crippen LogP contribution in [0.2, 0.25) is 0 Å². The van der Waals surface area contributed by atoms with Crippen LogP contribution in [0, 0.1) is 0 Å². The molecule has 0 saturated heterocycles. The van der Waals surface area contributed by atoms with E-state index in [0.717, 1.165) is 10.6 Å². The molecule has 0 fully saturated rings. The summed E-state index contributed by atoms with van der Waals surface area (Å²) in [4.78, 5) is 29.7. The van der Waals surface area contributed by atoms with Crippen LogP contribution < -0.4 is 0 Å². The second-order valence-electron chi connectivity index (χ2n) is 5.91. The number of rotatable bonds is 3. The molecule has 0 bridgehead atoms. The van der Waals surface area contributed by atoms with Crippen LogP contribution in [0.25, 0.3) is 0 Å². The minimum Gasteiger partial charge on any atom is -0.368 e. The topological polar surface area (TPSA) is 78.7 Å². The minimum atomic E-state index is -1.23. The number of fused-ring (bicyclic) bond motifs is 1. The maximum atomic E-state index is 13.0. The summed E-state index contributed by atoms with van der Waals surface area (Å²) in [6.07, 6.45) is 3.12. The molecule has 130 valence electrons. The van der Waals surface area contributed by atoms with E-state index in [0.29, 0.717) is 11.1 Å². The van der Waals surface area contributed by atoms with Gasteiger partial charge in [-0.3, -0.25) is 9.36 Å². The van der Waals surface area contributed by atoms with Crippen molar-refractivity contribution in [2.45, 2.75) is 12.8 Å². The Labute approximate surface area is 149 Å². The molecule has 0 aliphatic carbocycles. The van der Waals surface area contributed by atoms with Gasteiger partial charge in [0.15, 0.2) is 6.23 Å². The highest BCUT2D eigenvalue weighted by molar-refractivity contribution is 5.99. The zero-order chi connectivity index (χ0) is 18.1. The quantitative estimate of drug-likeness (QED) is 0.788. The summed E-state index contributed by atoms with van der Waals surface area (Å²) < 4.78 is 1.27. The standard InChI is InChI=1S/C19H16N4O3/c24-17-15-8-4-5-9-16(15)18(25)23(17)22(12-14-6-2-1-3-7-14)19(26)21-11-10-20-13-21/h1-11,13,17,24H,12H2. The fraction of sp³-hybridized carbons (Fsp3) is 0.105. The van der Waals surface area contributed by atoms with Crippen molar-refractivity contribution in [3.63, 3.8) is 0 Å². The highest BCUT2D eigenvalue weighted by Crippen LogP contribution is 2.33. The lowest BCUT2D eigenvalue weighted by atomic mass is 10.1. The fourth-order valence-corrected chi connectivity index (χ4v) is 3.02. The number of aliphatic hydroxyl groups excluding tert-OH is 1. The molecule has 7 heteroatoms. The minimum absolute atomic E-state index is 0.134. The molecule has 1 unspecified atom stereocenters. The first-order chi connectivity index (χ1) is 12.7. The molecule has 4 rings (SSSR count). The molecule has 26 heavy (non-hydrogen) atoms. The van der Waals surface area contributed by atoms with Gasteiger partial charge in [0.2, 0.25) is 0 Å². The van der Waals surface area contributed by atoms with Gasteiger partial charge in [-0.1, -0.05) is 48.5 Å². The smallest absolute Gasteiger partial charge is 0.348 e. The van der Waals surface area contributed by atoms with E-state index in [2.05, 4.69) is 4.98 Å². The Morgan fingerprint density at radius 2 is 1.85 bits per heavy atom. The van der Waals surface area contributed by atoms with E-state index in [4.69, 9.17) is 0 Å². The van der Waals surface area contributed by atoms with Gasteiger partial charge in [0.1, 0.15) is 6.33 Å². The van der Waals surface area contributed by atoms with Crippen molar-refractivity contribution in [3.8, 4) is 0 Å². The number of hydrazine groups is 1. The molecule has 7 nitrogen and oxygen atoms in total. The van der Waals surface area contributed by atoms with Crippen LogP contribution in [-0.4, -0.2) is 36.6 Å². The van der Waals surface area contributed by atoms with Gasteiger partial charge in [0.05, 0.1) is 6.54 Å². The molecule has 1 aliphatic rings. The molecule has 2 amide bonds. The number of amides is 2. The summed E-state index contributed by atoms with van der Waals surface area (Å²) in [6, 6.07) is 15.6. The third-order valence-corrected chi connectivity index (χ3v) is 4.29. The summed E-state index contributed by atoms with van der Waals surface area (Å²) in [5, 5.41) is 13.0. The van der Waals surface area contributed by atoms with Gasteiger partial charge in [-0.05, 0) is 11.6 Å². The predicted molar refractivity (Wildman–Crippen MR) is 92.6 cm³/mol. The molecule has 2 aromatic carbocycles. The van der Waals surface area contributed by atoms with E-state index in [-0.39, 0.29) is 6.54 Å². The number of hydrogen-bond acceptors (Lipinski definition) is 4. The van der Waals surface area contributed by atoms with E-state index in [1.54, 1.807) is 24.3 Å². The normalized spacial score (nSPS) is 15.8. The molecule has 1 N–H and O–H groups in total. The summed E-state index contributed by atoms with van der Waals surface area (Å²) >= 11 is 0. The lowest BCUT2D eigenvalue weighted by Gasteiger charge is -2.33. The van der Waals surface area contributed by atoms with Crippen molar-refractivity contribution in [2.24, 2.45) is 0 Å². The van der Waals surface area contributed by atoms with Gasteiger partial charge in [-0.25, -0.2) is 19.8 Å². The van der Waals surface area contributed by atoms with Gasteiger partial charge in [-0.15, -0.1) is 0 Å². The Kier molecular flexibility index (Phi) is 3.98. The Morgan fingerprint density at radius 1 is 1.12 bits per heavy atom. The predicted octanol–water partition coefficient (Wildman–Crippen LogP) is 2.42. The number of carbonyl (C=O) groups excluding carboxylic acids is 2. The summed E-state index contributed by atoms with van der Waals surface area (Å²) in [5.41, 5.74) is 1.70. The van der Waals surface area contributed by atoms with Crippen molar-refractivity contribution >= 4 is 11.9 Å². The largest absolute Gasteiger partial charge is 0.368 e. The first-order valence-electron chi connectivity index (χ1n) is 8.11. The number of imidazole rings is 1. The molecule has 0 radical (unpaired) electrons. The van der Waals surface area contributed by atoms with Gasteiger partial charge in [0, 0.05) is 23.5 Å². The molecule has 1 atom stereocenters. The van der Waals surface area contributed by atoms with Crippen LogP contribution in [0.15, 0.2) is 73.3 Å². The highest BCUT2D eigenvalue weighted by atomic mass is 16.3. The van der Waals surface area contributed by atoms with Crippen LogP contribution in [0.4, 0.5) is 4.79 Å². The third kappa shape index (κ3) is 2.64. The van der Waals surface area contributed by atoms with Crippen LogP contribution in [0.1, 0.15) is 27.7 Å². The van der Waals surface area contributed by atoms with Crippen LogP contribution >= 0.6 is 0 Å². The van der Waals surface area contributed by atoms with E-state index in [9.17, 15) is 14.7 Å². The van der Waals surface area contributed by atoms with Crippen molar-refractivity contribution in [2.75, 3.05) is 0 Å². The zero-order valence-electron chi connectivity index (χ0n) is 13.8. The average Bonchev–Trinajstić information content (AvgIpc) is 3.29. The van der Waals surface area contributed by atoms with Gasteiger partial charge in [-0.2, -0.15) is 0 Å². The third-order valence-electron chi connectivity index (χ3n) is 4.29. The number of aromatic nitrogens is 2. The van der Waals surface area contributed by atoms with Gasteiger partial charge in [0.25, 0.3) is 5.91 Å². The van der Waals surface area contributed by atoms with Gasteiger partial charge >= 0.3 is 6.03 Å². The number of nitrogens with zero attached hydrogens (tertiary/aromatic N) is 4. The molecule has 1 aliphatic heterocycles. The lowest BCUT2D eigenvalue weighted by molar-refractivity contribution is -0.0818. The second kappa shape index (κ2) is 6.45. The maximum absolute atomic E-state index is 13.0. The van der Waals surface area contributed by atoms with E-state index in [1.807, 2.05) is 30.3 Å². The maximum Gasteiger partial charge on any atom is 0.348 e. The zero-order valence-corrected chi connectivity index (χ0v) is 13.8. The van der Waals surface area contributed by atoms with Crippen molar-refractivity contribution in [3.05, 3.63) is 90.0 Å². The summed E-state index contributed by atoms with van der Waals surface area (Å²) in [6.45, 7) is 0.134. The Balaban J connectivity index is 1.74. The van der Waals surface area contributed by atoms with Crippen LogP contribution in [0.5, 0.6) is 0 Å². The summed E-state index contributed by atoms with van der Waals surface area (Å²) in [5.74, 6) is -0.419. The fourth-order valence-electron chi connectivity index (χ4n) is 3.02. The first-order valence-corrected chi connectivity index (χ1v) is 8.11. The molecule has 1 aromatic heterocycles. The van der Waals surface area contributed by atoms with E-state index in [1.165, 1.54) is 28.3 Å². The Morgan fingerprint density at radius 3 is 2.54 bits per heavy atom. The molecule has 2 heterocycles. The first kappa shape index (κ1) is 16.0. The average molecular weight is 348 g/mol. The van der Waals surface area contributed by atoms with Crippen molar-refractivity contribution in [1.29, 1.82) is 0 Å². The van der Waals surface area contributed by atoms with Crippen molar-refractivity contribution < 1.29 is 14.7 Å². The highest BCUT2D eigenvalue weighted by Gasteiger charge is 2.41. The SMILES string of the molecule is O=C1c2ccccc2C(O)N1N(Cc1ccccc1)C(=O)n1ccnc1. The molecule has 0 saturated carbocycles. The van der Waals surface area contributed by atoms with E-state index >= 15 is 0 Å². The number of hydrogen-bond donors (Lipinski definition) is 1. The summed E-state index contributed by atoms with van der Waals surface area (Å²) in [7, 11) is 0. The monoisotopic (exact) mass is 348 g/mol. The van der Waals surface area contributed by atoms with E-state index < -0.39 is 18.2 Å². The van der Waals surface area contributed by atoms with Crippen molar-refractivity contribution in [1.82, 2.24) is 19.6 Å². The Hall–Kier alpha value is -3.45.